The predicted molar refractivity (Wildman–Crippen MR) is 65.6 cm³/mol. The summed E-state index contributed by atoms with van der Waals surface area (Å²) in [5, 5.41) is 0. The molecule has 0 bridgehead atoms. The molecule has 0 saturated carbocycles. The fourth-order valence-electron chi connectivity index (χ4n) is 2.03. The molecule has 1 saturated heterocycles. The van der Waals surface area contributed by atoms with Crippen LogP contribution in [0.1, 0.15) is 19.8 Å². The predicted octanol–water partition coefficient (Wildman–Crippen LogP) is 0.235. The zero-order valence-corrected chi connectivity index (χ0v) is 10.9. The van der Waals surface area contributed by atoms with Crippen molar-refractivity contribution < 1.29 is 14.3 Å². The molecule has 0 aromatic heterocycles. The highest BCUT2D eigenvalue weighted by molar-refractivity contribution is 5.76. The molecule has 0 spiro atoms. The Morgan fingerprint density at radius 2 is 2.41 bits per heavy atom. The largest absolute Gasteiger partial charge is 0.381 e. The third kappa shape index (κ3) is 4.61. The second-order valence-corrected chi connectivity index (χ2v) is 4.46. The maximum Gasteiger partial charge on any atom is 0.225 e. The third-order valence-corrected chi connectivity index (χ3v) is 3.24. The minimum Gasteiger partial charge on any atom is -0.381 e. The van der Waals surface area contributed by atoms with Gasteiger partial charge in [0.05, 0.1) is 19.1 Å². The lowest BCUT2D eigenvalue weighted by molar-refractivity contribution is -0.134. The minimum atomic E-state index is -0.170. The maximum absolute atomic E-state index is 12.0. The number of rotatable bonds is 7. The Labute approximate surface area is 103 Å². The summed E-state index contributed by atoms with van der Waals surface area (Å²) >= 11 is 0. The van der Waals surface area contributed by atoms with E-state index in [0.29, 0.717) is 18.9 Å². The molecule has 0 aliphatic carbocycles. The first-order valence-electron chi connectivity index (χ1n) is 6.29. The van der Waals surface area contributed by atoms with Crippen LogP contribution in [0.4, 0.5) is 0 Å². The summed E-state index contributed by atoms with van der Waals surface area (Å²) in [5.74, 6) is 0.606. The summed E-state index contributed by atoms with van der Waals surface area (Å²) < 4.78 is 10.5. The molecule has 2 unspecified atom stereocenters. The van der Waals surface area contributed by atoms with Crippen molar-refractivity contribution in [2.24, 2.45) is 11.7 Å². The summed E-state index contributed by atoms with van der Waals surface area (Å²) in [6.45, 7) is 5.49. The van der Waals surface area contributed by atoms with E-state index < -0.39 is 0 Å². The molecular formula is C12H24N2O3. The van der Waals surface area contributed by atoms with E-state index in [1.165, 1.54) is 0 Å². The highest BCUT2D eigenvalue weighted by Crippen LogP contribution is 2.14. The van der Waals surface area contributed by atoms with E-state index in [1.807, 2.05) is 11.8 Å². The molecule has 17 heavy (non-hydrogen) atoms. The van der Waals surface area contributed by atoms with Crippen LogP contribution >= 0.6 is 0 Å². The number of hydrogen-bond acceptors (Lipinski definition) is 4. The molecule has 1 heterocycles. The smallest absolute Gasteiger partial charge is 0.225 e. The number of carbonyl (C=O) groups is 1. The summed E-state index contributed by atoms with van der Waals surface area (Å²) in [6, 6.07) is 0. The quantitative estimate of drug-likeness (QED) is 0.696. The second kappa shape index (κ2) is 7.63. The van der Waals surface area contributed by atoms with E-state index in [9.17, 15) is 4.79 Å². The van der Waals surface area contributed by atoms with Crippen LogP contribution in [0.3, 0.4) is 0 Å². The van der Waals surface area contributed by atoms with Crippen LogP contribution in [0.25, 0.3) is 0 Å². The average Bonchev–Trinajstić information content (AvgIpc) is 2.85. The molecular weight excluding hydrogens is 220 g/mol. The Bertz CT molecular complexity index is 226. The molecule has 0 aromatic rings. The van der Waals surface area contributed by atoms with Crippen LogP contribution in [0.5, 0.6) is 0 Å². The topological polar surface area (TPSA) is 64.8 Å². The fraction of sp³-hybridized carbons (Fsp3) is 0.917. The van der Waals surface area contributed by atoms with Gasteiger partial charge < -0.3 is 20.1 Å². The van der Waals surface area contributed by atoms with Crippen molar-refractivity contribution >= 4 is 5.91 Å². The minimum absolute atomic E-state index is 0.122. The van der Waals surface area contributed by atoms with Crippen LogP contribution in [0.15, 0.2) is 0 Å². The van der Waals surface area contributed by atoms with Crippen molar-refractivity contribution in [3.05, 3.63) is 0 Å². The third-order valence-electron chi connectivity index (χ3n) is 3.24. The van der Waals surface area contributed by atoms with Gasteiger partial charge in [0.2, 0.25) is 5.91 Å². The van der Waals surface area contributed by atoms with Gasteiger partial charge in [0, 0.05) is 39.3 Å². The summed E-state index contributed by atoms with van der Waals surface area (Å²) in [6.07, 6.45) is 1.25. The molecule has 0 radical (unpaired) electrons. The Hall–Kier alpha value is -0.650. The molecule has 5 heteroatoms. The molecule has 1 aliphatic heterocycles. The van der Waals surface area contributed by atoms with Crippen LogP contribution in [0, 0.1) is 5.92 Å². The fourth-order valence-corrected chi connectivity index (χ4v) is 2.03. The monoisotopic (exact) mass is 244 g/mol. The molecule has 1 amide bonds. The first-order chi connectivity index (χ1) is 8.21. The van der Waals surface area contributed by atoms with Crippen molar-refractivity contribution in [3.8, 4) is 0 Å². The lowest BCUT2D eigenvalue weighted by Gasteiger charge is -2.25. The zero-order chi connectivity index (χ0) is 12.7. The summed E-state index contributed by atoms with van der Waals surface area (Å²) in [5.41, 5.74) is 5.52. The van der Waals surface area contributed by atoms with Crippen LogP contribution in [0.2, 0.25) is 0 Å². The van der Waals surface area contributed by atoms with Crippen LogP contribution in [-0.4, -0.2) is 56.9 Å². The standard InChI is InChI=1S/C12H24N2O3/c1-3-14(8-10-4-5-17-9-10)12(15)6-11(7-13)16-2/h10-11H,3-9,13H2,1-2H3. The number of ether oxygens (including phenoxy) is 2. The number of carbonyl (C=O) groups excluding carboxylic acids is 1. The van der Waals surface area contributed by atoms with Gasteiger partial charge in [-0.2, -0.15) is 0 Å². The van der Waals surface area contributed by atoms with E-state index >= 15 is 0 Å². The lowest BCUT2D eigenvalue weighted by Crippen LogP contribution is -2.38. The van der Waals surface area contributed by atoms with Gasteiger partial charge in [-0.1, -0.05) is 0 Å². The SMILES string of the molecule is CCN(CC1CCOC1)C(=O)CC(CN)OC. The molecule has 1 rings (SSSR count). The van der Waals surface area contributed by atoms with Gasteiger partial charge in [0.15, 0.2) is 0 Å². The van der Waals surface area contributed by atoms with Crippen LogP contribution in [-0.2, 0) is 14.3 Å². The average molecular weight is 244 g/mol. The van der Waals surface area contributed by atoms with E-state index in [-0.39, 0.29) is 12.0 Å². The first-order valence-corrected chi connectivity index (χ1v) is 6.29. The van der Waals surface area contributed by atoms with Gasteiger partial charge >= 0.3 is 0 Å². The number of hydrogen-bond donors (Lipinski definition) is 1. The Kier molecular flexibility index (Phi) is 6.47. The van der Waals surface area contributed by atoms with E-state index in [0.717, 1.165) is 32.7 Å². The van der Waals surface area contributed by atoms with Crippen molar-refractivity contribution in [2.45, 2.75) is 25.9 Å². The zero-order valence-electron chi connectivity index (χ0n) is 10.9. The van der Waals surface area contributed by atoms with Gasteiger partial charge in [-0.3, -0.25) is 4.79 Å². The molecule has 0 aromatic carbocycles. The van der Waals surface area contributed by atoms with Gasteiger partial charge in [-0.15, -0.1) is 0 Å². The van der Waals surface area contributed by atoms with E-state index in [2.05, 4.69) is 0 Å². The van der Waals surface area contributed by atoms with Crippen molar-refractivity contribution in [1.82, 2.24) is 4.90 Å². The summed E-state index contributed by atoms with van der Waals surface area (Å²) in [4.78, 5) is 13.9. The Morgan fingerprint density at radius 3 is 2.88 bits per heavy atom. The normalized spacial score (nSPS) is 21.5. The molecule has 5 nitrogen and oxygen atoms in total. The molecule has 2 atom stereocenters. The maximum atomic E-state index is 12.0. The highest BCUT2D eigenvalue weighted by atomic mass is 16.5. The van der Waals surface area contributed by atoms with Crippen molar-refractivity contribution in [2.75, 3.05) is 40.0 Å². The van der Waals surface area contributed by atoms with Crippen LogP contribution < -0.4 is 5.73 Å². The second-order valence-electron chi connectivity index (χ2n) is 4.46. The number of methoxy groups -OCH3 is 1. The Balaban J connectivity index is 2.39. The van der Waals surface area contributed by atoms with Gasteiger partial charge in [-0.25, -0.2) is 0 Å². The lowest BCUT2D eigenvalue weighted by atomic mass is 10.1. The van der Waals surface area contributed by atoms with Crippen molar-refractivity contribution in [1.29, 1.82) is 0 Å². The van der Waals surface area contributed by atoms with Crippen molar-refractivity contribution in [3.63, 3.8) is 0 Å². The van der Waals surface area contributed by atoms with E-state index in [4.69, 9.17) is 15.2 Å². The number of nitrogens with zero attached hydrogens (tertiary/aromatic N) is 1. The van der Waals surface area contributed by atoms with Gasteiger partial charge in [-0.05, 0) is 13.3 Å². The molecule has 2 N–H and O–H groups in total. The number of amides is 1. The summed E-state index contributed by atoms with van der Waals surface area (Å²) in [7, 11) is 1.59. The van der Waals surface area contributed by atoms with Gasteiger partial charge in [0.25, 0.3) is 0 Å². The molecule has 1 aliphatic rings. The highest BCUT2D eigenvalue weighted by Gasteiger charge is 2.23. The van der Waals surface area contributed by atoms with E-state index in [1.54, 1.807) is 7.11 Å². The molecule has 100 valence electrons. The molecule has 1 fully saturated rings. The first kappa shape index (κ1) is 14.4. The van der Waals surface area contributed by atoms with Gasteiger partial charge in [0.1, 0.15) is 0 Å². The Morgan fingerprint density at radius 1 is 1.65 bits per heavy atom. The number of nitrogens with two attached hydrogens (primary N) is 1.